The number of ether oxygens (including phenoxy) is 1. The minimum atomic E-state index is 0.730. The van der Waals surface area contributed by atoms with Gasteiger partial charge in [-0.1, -0.05) is 6.07 Å². The molecule has 19 heavy (non-hydrogen) atoms. The third kappa shape index (κ3) is 3.03. The van der Waals surface area contributed by atoms with E-state index in [0.717, 1.165) is 56.0 Å². The molecule has 1 saturated heterocycles. The zero-order chi connectivity index (χ0) is 12.9. The number of piperazine rings is 1. The number of nitrogens with one attached hydrogen (secondary N) is 1. The number of pyridine rings is 1. The van der Waals surface area contributed by atoms with Crippen molar-refractivity contribution < 1.29 is 4.74 Å². The zero-order valence-electron chi connectivity index (χ0n) is 11.0. The lowest BCUT2D eigenvalue weighted by Crippen LogP contribution is -2.44. The van der Waals surface area contributed by atoms with E-state index in [9.17, 15) is 0 Å². The first-order valence-electron chi connectivity index (χ1n) is 6.83. The van der Waals surface area contributed by atoms with Crippen LogP contribution in [0.3, 0.4) is 0 Å². The molecule has 3 rings (SSSR count). The molecule has 0 amide bonds. The van der Waals surface area contributed by atoms with Crippen LogP contribution in [0.4, 0.5) is 0 Å². The smallest absolute Gasteiger partial charge is 0.128 e. The summed E-state index contributed by atoms with van der Waals surface area (Å²) in [6.07, 6.45) is 1.81. The van der Waals surface area contributed by atoms with Crippen LogP contribution in [-0.2, 0) is 0 Å². The SMILES string of the molecule is c1cc(OCCN2CCNCC2)c2cccnc2c1. The molecular formula is C15H19N3O. The number of benzene rings is 1. The number of nitrogens with zero attached hydrogens (tertiary/aromatic N) is 2. The van der Waals surface area contributed by atoms with Crippen molar-refractivity contribution in [1.82, 2.24) is 15.2 Å². The standard InChI is InChI=1S/C15H19N3O/c1-4-14-13(3-2-6-17-14)15(5-1)19-12-11-18-9-7-16-8-10-18/h1-6,16H,7-12H2. The molecule has 0 aliphatic carbocycles. The number of fused-ring (bicyclic) bond motifs is 1. The average Bonchev–Trinajstić information content (AvgIpc) is 2.49. The van der Waals surface area contributed by atoms with E-state index in [2.05, 4.69) is 21.3 Å². The summed E-state index contributed by atoms with van der Waals surface area (Å²) in [4.78, 5) is 6.77. The third-order valence-corrected chi connectivity index (χ3v) is 3.48. The molecule has 0 radical (unpaired) electrons. The van der Waals surface area contributed by atoms with Crippen LogP contribution in [0.15, 0.2) is 36.5 Å². The number of rotatable bonds is 4. The highest BCUT2D eigenvalue weighted by molar-refractivity contribution is 5.84. The maximum atomic E-state index is 5.92. The van der Waals surface area contributed by atoms with Crippen LogP contribution in [0.1, 0.15) is 0 Å². The van der Waals surface area contributed by atoms with E-state index in [4.69, 9.17) is 4.74 Å². The van der Waals surface area contributed by atoms with Gasteiger partial charge in [-0.25, -0.2) is 0 Å². The predicted molar refractivity (Wildman–Crippen MR) is 76.5 cm³/mol. The highest BCUT2D eigenvalue weighted by Gasteiger charge is 2.09. The van der Waals surface area contributed by atoms with Crippen molar-refractivity contribution in [3.05, 3.63) is 36.5 Å². The van der Waals surface area contributed by atoms with Crippen molar-refractivity contribution >= 4 is 10.9 Å². The van der Waals surface area contributed by atoms with Crippen LogP contribution in [0.25, 0.3) is 10.9 Å². The van der Waals surface area contributed by atoms with Crippen LogP contribution < -0.4 is 10.1 Å². The lowest BCUT2D eigenvalue weighted by molar-refractivity contribution is 0.192. The van der Waals surface area contributed by atoms with Gasteiger partial charge in [0.25, 0.3) is 0 Å². The van der Waals surface area contributed by atoms with Crippen molar-refractivity contribution in [3.63, 3.8) is 0 Å². The van der Waals surface area contributed by atoms with Gasteiger partial charge in [0.1, 0.15) is 12.4 Å². The molecule has 1 aliphatic rings. The fourth-order valence-corrected chi connectivity index (χ4v) is 2.42. The first kappa shape index (κ1) is 12.4. The van der Waals surface area contributed by atoms with Crippen molar-refractivity contribution in [3.8, 4) is 5.75 Å². The van der Waals surface area contributed by atoms with Gasteiger partial charge in [-0.2, -0.15) is 0 Å². The van der Waals surface area contributed by atoms with E-state index in [1.54, 1.807) is 0 Å². The fourth-order valence-electron chi connectivity index (χ4n) is 2.42. The highest BCUT2D eigenvalue weighted by Crippen LogP contribution is 2.23. The topological polar surface area (TPSA) is 37.4 Å². The van der Waals surface area contributed by atoms with Gasteiger partial charge in [-0.15, -0.1) is 0 Å². The number of aromatic nitrogens is 1. The molecule has 100 valence electrons. The lowest BCUT2D eigenvalue weighted by atomic mass is 10.2. The number of hydrogen-bond acceptors (Lipinski definition) is 4. The Bertz CT molecular complexity index is 532. The molecule has 0 saturated carbocycles. The van der Waals surface area contributed by atoms with Crippen molar-refractivity contribution in [2.45, 2.75) is 0 Å². The summed E-state index contributed by atoms with van der Waals surface area (Å²) in [5.74, 6) is 0.931. The lowest BCUT2D eigenvalue weighted by Gasteiger charge is -2.27. The van der Waals surface area contributed by atoms with E-state index < -0.39 is 0 Å². The molecule has 0 unspecified atom stereocenters. The molecule has 0 spiro atoms. The van der Waals surface area contributed by atoms with Gasteiger partial charge in [-0.05, 0) is 24.3 Å². The molecule has 2 heterocycles. The molecule has 1 N–H and O–H groups in total. The first-order chi connectivity index (χ1) is 9.43. The number of hydrogen-bond donors (Lipinski definition) is 1. The van der Waals surface area contributed by atoms with Gasteiger partial charge >= 0.3 is 0 Å². The molecule has 0 bridgehead atoms. The Balaban J connectivity index is 1.62. The molecule has 2 aromatic rings. The summed E-state index contributed by atoms with van der Waals surface area (Å²) in [5.41, 5.74) is 0.988. The maximum absolute atomic E-state index is 5.92. The van der Waals surface area contributed by atoms with Gasteiger partial charge < -0.3 is 10.1 Å². The van der Waals surface area contributed by atoms with Gasteiger partial charge in [0, 0.05) is 44.3 Å². The Morgan fingerprint density at radius 2 is 2.05 bits per heavy atom. The Morgan fingerprint density at radius 1 is 1.16 bits per heavy atom. The summed E-state index contributed by atoms with van der Waals surface area (Å²) in [6, 6.07) is 10.0. The molecule has 0 atom stereocenters. The molecule has 1 aliphatic heterocycles. The predicted octanol–water partition coefficient (Wildman–Crippen LogP) is 1.52. The second-order valence-electron chi connectivity index (χ2n) is 4.77. The Hall–Kier alpha value is -1.65. The third-order valence-electron chi connectivity index (χ3n) is 3.48. The zero-order valence-corrected chi connectivity index (χ0v) is 11.0. The fraction of sp³-hybridized carbons (Fsp3) is 0.400. The largest absolute Gasteiger partial charge is 0.492 e. The van der Waals surface area contributed by atoms with Crippen molar-refractivity contribution in [2.24, 2.45) is 0 Å². The van der Waals surface area contributed by atoms with Gasteiger partial charge in [-0.3, -0.25) is 9.88 Å². The Morgan fingerprint density at radius 3 is 2.95 bits per heavy atom. The monoisotopic (exact) mass is 257 g/mol. The van der Waals surface area contributed by atoms with Crippen LogP contribution >= 0.6 is 0 Å². The molecule has 4 heteroatoms. The Labute approximate surface area is 113 Å². The summed E-state index contributed by atoms with van der Waals surface area (Å²) in [7, 11) is 0. The Kier molecular flexibility index (Phi) is 3.91. The van der Waals surface area contributed by atoms with E-state index >= 15 is 0 Å². The summed E-state index contributed by atoms with van der Waals surface area (Å²) in [6.45, 7) is 6.10. The van der Waals surface area contributed by atoms with Crippen LogP contribution in [0, 0.1) is 0 Å². The quantitative estimate of drug-likeness (QED) is 0.901. The van der Waals surface area contributed by atoms with Crippen LogP contribution in [0.5, 0.6) is 5.75 Å². The molecule has 1 fully saturated rings. The van der Waals surface area contributed by atoms with E-state index in [0.29, 0.717) is 0 Å². The highest BCUT2D eigenvalue weighted by atomic mass is 16.5. The summed E-state index contributed by atoms with van der Waals surface area (Å²) >= 11 is 0. The second kappa shape index (κ2) is 5.99. The minimum absolute atomic E-state index is 0.730. The van der Waals surface area contributed by atoms with E-state index in [-0.39, 0.29) is 0 Å². The van der Waals surface area contributed by atoms with Crippen molar-refractivity contribution in [2.75, 3.05) is 39.3 Å². The summed E-state index contributed by atoms with van der Waals surface area (Å²) < 4.78 is 5.92. The average molecular weight is 257 g/mol. The van der Waals surface area contributed by atoms with Gasteiger partial charge in [0.05, 0.1) is 5.52 Å². The molecule has 1 aromatic heterocycles. The van der Waals surface area contributed by atoms with Crippen LogP contribution in [0.2, 0.25) is 0 Å². The van der Waals surface area contributed by atoms with Crippen molar-refractivity contribution in [1.29, 1.82) is 0 Å². The van der Waals surface area contributed by atoms with E-state index in [1.807, 2.05) is 30.5 Å². The minimum Gasteiger partial charge on any atom is -0.492 e. The van der Waals surface area contributed by atoms with Gasteiger partial charge in [0.2, 0.25) is 0 Å². The maximum Gasteiger partial charge on any atom is 0.128 e. The normalized spacial score (nSPS) is 16.6. The summed E-state index contributed by atoms with van der Waals surface area (Å²) in [5, 5.41) is 4.44. The van der Waals surface area contributed by atoms with E-state index in [1.165, 1.54) is 0 Å². The van der Waals surface area contributed by atoms with Crippen LogP contribution in [-0.4, -0.2) is 49.2 Å². The van der Waals surface area contributed by atoms with Gasteiger partial charge in [0.15, 0.2) is 0 Å². The molecule has 4 nitrogen and oxygen atoms in total. The molecular weight excluding hydrogens is 238 g/mol. The second-order valence-corrected chi connectivity index (χ2v) is 4.77. The first-order valence-corrected chi connectivity index (χ1v) is 6.83. The molecule has 1 aromatic carbocycles.